The molecule has 6 heterocycles. The lowest BCUT2D eigenvalue weighted by molar-refractivity contribution is 0.0603. The number of rotatable bonds is 7. The summed E-state index contributed by atoms with van der Waals surface area (Å²) >= 11 is 3.07. The quantitative estimate of drug-likeness (QED) is 0.183. The Kier molecular flexibility index (Phi) is 9.84. The Labute approximate surface area is 285 Å². The Morgan fingerprint density at radius 1 is 0.729 bits per heavy atom. The van der Waals surface area contributed by atoms with Gasteiger partial charge in [0.25, 0.3) is 0 Å². The number of anilines is 6. The highest BCUT2D eigenvalue weighted by Gasteiger charge is 2.16. The lowest BCUT2D eigenvalue weighted by Crippen LogP contribution is -2.36. The van der Waals surface area contributed by atoms with Crippen molar-refractivity contribution in [2.24, 2.45) is 0 Å². The average Bonchev–Trinajstić information content (AvgIpc) is 3.80. The second kappa shape index (κ2) is 14.9. The van der Waals surface area contributed by atoms with Crippen LogP contribution in [0.25, 0.3) is 20.4 Å². The Morgan fingerprint density at radius 3 is 1.83 bits per heavy atom. The van der Waals surface area contributed by atoms with Crippen molar-refractivity contribution in [3.63, 3.8) is 0 Å². The largest absolute Gasteiger partial charge is 0.465 e. The van der Waals surface area contributed by atoms with Crippen molar-refractivity contribution in [2.45, 2.75) is 0 Å². The van der Waals surface area contributed by atoms with Crippen molar-refractivity contribution < 1.29 is 19.0 Å². The minimum atomic E-state index is -0.393. The Bertz CT molecular complexity index is 1970. The van der Waals surface area contributed by atoms with Crippen molar-refractivity contribution in [3.8, 4) is 0 Å². The third kappa shape index (κ3) is 7.47. The van der Waals surface area contributed by atoms with Crippen LogP contribution in [0.4, 0.5) is 34.6 Å². The summed E-state index contributed by atoms with van der Waals surface area (Å²) in [7, 11) is 1.36. The topological polar surface area (TPSA) is 127 Å². The highest BCUT2D eigenvalue weighted by atomic mass is 32.1. The van der Waals surface area contributed by atoms with Crippen LogP contribution in [0.1, 0.15) is 10.4 Å². The van der Waals surface area contributed by atoms with E-state index in [2.05, 4.69) is 76.8 Å². The zero-order chi connectivity index (χ0) is 32.7. The van der Waals surface area contributed by atoms with Crippen LogP contribution in [0.3, 0.4) is 0 Å². The zero-order valence-corrected chi connectivity index (χ0v) is 27.9. The number of hydrogen-bond donors (Lipinski definition) is 2. The Morgan fingerprint density at radius 2 is 1.27 bits per heavy atom. The molecule has 2 N–H and O–H groups in total. The van der Waals surface area contributed by atoms with Gasteiger partial charge in [0.05, 0.1) is 66.4 Å². The van der Waals surface area contributed by atoms with E-state index in [1.165, 1.54) is 29.8 Å². The van der Waals surface area contributed by atoms with E-state index >= 15 is 0 Å². The Hall–Kier alpha value is -4.89. The summed E-state index contributed by atoms with van der Waals surface area (Å²) in [5.41, 5.74) is 6.31. The fourth-order valence-electron chi connectivity index (χ4n) is 5.38. The highest BCUT2D eigenvalue weighted by molar-refractivity contribution is 7.17. The maximum absolute atomic E-state index is 11.8. The lowest BCUT2D eigenvalue weighted by atomic mass is 10.2. The van der Waals surface area contributed by atoms with Gasteiger partial charge in [0.15, 0.2) is 0 Å². The molecule has 12 nitrogen and oxygen atoms in total. The number of thiophene rings is 2. The van der Waals surface area contributed by atoms with Gasteiger partial charge in [-0.1, -0.05) is 0 Å². The van der Waals surface area contributed by atoms with Gasteiger partial charge < -0.3 is 34.6 Å². The monoisotopic (exact) mass is 682 g/mol. The molecule has 6 aromatic rings. The number of nitrogens with zero attached hydrogens (tertiary/aromatic N) is 6. The zero-order valence-electron chi connectivity index (χ0n) is 26.3. The minimum absolute atomic E-state index is 0.393. The standard InChI is InChI=1S/C18H18N4O3S.C16H16N4OS/c1-24-17(23)14-11-26-15-10-19-18(21-16(14)15)20-12-2-4-13(5-3-12)22-6-8-25-9-7-22;1-3-13(20-6-8-21-9-7-20)4-2-12(1)18-16-17-11-15-14(19-16)5-10-22-15/h2-5,10-11H,6-9H2,1H3,(H,19,20,21);1-5,10-11H,6-9H2,(H,17,18,19). The van der Waals surface area contributed by atoms with Crippen LogP contribution in [-0.2, 0) is 14.2 Å². The molecule has 48 heavy (non-hydrogen) atoms. The highest BCUT2D eigenvalue weighted by Crippen LogP contribution is 2.27. The second-order valence-electron chi connectivity index (χ2n) is 11.0. The van der Waals surface area contributed by atoms with Gasteiger partial charge >= 0.3 is 5.97 Å². The summed E-state index contributed by atoms with van der Waals surface area (Å²) in [6.07, 6.45) is 3.57. The van der Waals surface area contributed by atoms with E-state index in [0.717, 1.165) is 78.9 Å². The number of carbonyl (C=O) groups excluding carboxylic acids is 1. The van der Waals surface area contributed by atoms with Crippen molar-refractivity contribution >= 4 is 83.7 Å². The molecule has 2 aliphatic heterocycles. The molecule has 8 rings (SSSR count). The van der Waals surface area contributed by atoms with Crippen LogP contribution in [0.5, 0.6) is 0 Å². The van der Waals surface area contributed by atoms with E-state index in [4.69, 9.17) is 14.2 Å². The fraction of sp³-hybridized carbons (Fsp3) is 0.265. The fourth-order valence-corrected chi connectivity index (χ4v) is 6.91. The van der Waals surface area contributed by atoms with Crippen molar-refractivity contribution in [1.82, 2.24) is 19.9 Å². The van der Waals surface area contributed by atoms with Crippen LogP contribution >= 0.6 is 22.7 Å². The summed E-state index contributed by atoms with van der Waals surface area (Å²) < 4.78 is 17.5. The van der Waals surface area contributed by atoms with Crippen LogP contribution in [0.15, 0.2) is 77.8 Å². The molecule has 0 radical (unpaired) electrons. The van der Waals surface area contributed by atoms with E-state index in [-0.39, 0.29) is 0 Å². The van der Waals surface area contributed by atoms with E-state index in [1.807, 2.05) is 29.8 Å². The first-order chi connectivity index (χ1) is 23.6. The molecule has 2 aromatic carbocycles. The number of methoxy groups -OCH3 is 1. The second-order valence-corrected chi connectivity index (χ2v) is 12.8. The minimum Gasteiger partial charge on any atom is -0.465 e. The van der Waals surface area contributed by atoms with Gasteiger partial charge in [-0.2, -0.15) is 0 Å². The Balaban J connectivity index is 0.000000154. The molecular weight excluding hydrogens is 649 g/mol. The molecule has 4 aromatic heterocycles. The summed E-state index contributed by atoms with van der Waals surface area (Å²) in [6, 6.07) is 18.5. The number of carbonyl (C=O) groups is 1. The molecule has 246 valence electrons. The van der Waals surface area contributed by atoms with Crippen LogP contribution < -0.4 is 20.4 Å². The number of benzene rings is 2. The van der Waals surface area contributed by atoms with Gasteiger partial charge in [-0.05, 0) is 60.0 Å². The predicted molar refractivity (Wildman–Crippen MR) is 192 cm³/mol. The first kappa shape index (κ1) is 31.7. The first-order valence-corrected chi connectivity index (χ1v) is 17.3. The summed E-state index contributed by atoms with van der Waals surface area (Å²) in [5, 5.41) is 10.2. The molecule has 2 fully saturated rings. The number of esters is 1. The number of fused-ring (bicyclic) bond motifs is 2. The van der Waals surface area contributed by atoms with Crippen molar-refractivity contribution in [2.75, 3.05) is 80.1 Å². The number of hydrogen-bond acceptors (Lipinski definition) is 14. The van der Waals surface area contributed by atoms with E-state index in [0.29, 0.717) is 23.0 Å². The van der Waals surface area contributed by atoms with Gasteiger partial charge in [-0.3, -0.25) is 0 Å². The molecule has 0 atom stereocenters. The number of ether oxygens (including phenoxy) is 3. The molecule has 0 spiro atoms. The molecular formula is C34H34N8O4S2. The van der Waals surface area contributed by atoms with Crippen molar-refractivity contribution in [1.29, 1.82) is 0 Å². The van der Waals surface area contributed by atoms with Crippen molar-refractivity contribution in [3.05, 3.63) is 83.3 Å². The number of nitrogens with one attached hydrogen (secondary N) is 2. The molecule has 14 heteroatoms. The molecule has 0 bridgehead atoms. The van der Waals surface area contributed by atoms with E-state index in [1.54, 1.807) is 22.9 Å². The molecule has 0 aliphatic carbocycles. The third-order valence-corrected chi connectivity index (χ3v) is 9.67. The van der Waals surface area contributed by atoms with E-state index in [9.17, 15) is 4.79 Å². The molecule has 0 unspecified atom stereocenters. The van der Waals surface area contributed by atoms with Crippen LogP contribution in [0, 0.1) is 0 Å². The predicted octanol–water partition coefficient (Wildman–Crippen LogP) is 6.33. The maximum Gasteiger partial charge on any atom is 0.340 e. The summed E-state index contributed by atoms with van der Waals surface area (Å²) in [6.45, 7) is 6.83. The molecule has 0 saturated carbocycles. The normalized spacial score (nSPS) is 14.8. The average molecular weight is 683 g/mol. The number of morpholine rings is 2. The van der Waals surface area contributed by atoms with Crippen LogP contribution in [0.2, 0.25) is 0 Å². The molecule has 2 saturated heterocycles. The van der Waals surface area contributed by atoms with Gasteiger partial charge in [0, 0.05) is 54.3 Å². The smallest absolute Gasteiger partial charge is 0.340 e. The SMILES string of the molecule is COC(=O)c1csc2cnc(Nc3ccc(N4CCOCC4)cc3)nc12.c1cc2nc(Nc3ccc(N4CCOCC4)cc3)ncc2s1. The van der Waals surface area contributed by atoms with Gasteiger partial charge in [-0.15, -0.1) is 22.7 Å². The van der Waals surface area contributed by atoms with Gasteiger partial charge in [0.1, 0.15) is 5.52 Å². The van der Waals surface area contributed by atoms with Gasteiger partial charge in [-0.25, -0.2) is 24.7 Å². The first-order valence-electron chi connectivity index (χ1n) is 15.6. The van der Waals surface area contributed by atoms with E-state index < -0.39 is 5.97 Å². The summed E-state index contributed by atoms with van der Waals surface area (Å²) in [5.74, 6) is 0.681. The maximum atomic E-state index is 11.8. The lowest BCUT2D eigenvalue weighted by Gasteiger charge is -2.28. The molecule has 2 aliphatic rings. The third-order valence-electron chi connectivity index (χ3n) is 7.92. The number of aromatic nitrogens is 4. The molecule has 0 amide bonds. The van der Waals surface area contributed by atoms with Gasteiger partial charge in [0.2, 0.25) is 11.9 Å². The van der Waals surface area contributed by atoms with Crippen LogP contribution in [-0.4, -0.2) is 85.6 Å². The summed E-state index contributed by atoms with van der Waals surface area (Å²) in [4.78, 5) is 34.1.